The molecule has 7 heteroatoms. The van der Waals surface area contributed by atoms with Crippen molar-refractivity contribution in [2.75, 3.05) is 0 Å². The lowest BCUT2D eigenvalue weighted by molar-refractivity contribution is -0.137. The van der Waals surface area contributed by atoms with Gasteiger partial charge in [-0.2, -0.15) is 18.4 Å². The molecule has 0 spiro atoms. The standard InChI is InChI=1S/C10H8ClF3N2.ClH/c11-8-2-1-6(10(12,13)14)5-7(8)9(16)3-4-15;/h1-2,5,9H,3,16H2;1H/t9-;/m0./s1. The minimum atomic E-state index is -4.44. The summed E-state index contributed by atoms with van der Waals surface area (Å²) < 4.78 is 37.2. The topological polar surface area (TPSA) is 49.8 Å². The van der Waals surface area contributed by atoms with Crippen molar-refractivity contribution in [1.82, 2.24) is 0 Å². The maximum atomic E-state index is 12.4. The Labute approximate surface area is 108 Å². The summed E-state index contributed by atoms with van der Waals surface area (Å²) in [7, 11) is 0. The number of hydrogen-bond acceptors (Lipinski definition) is 2. The summed E-state index contributed by atoms with van der Waals surface area (Å²) in [6.07, 6.45) is -4.52. The van der Waals surface area contributed by atoms with Crippen LogP contribution in [0.5, 0.6) is 0 Å². The molecule has 0 saturated carbocycles. The molecule has 2 N–H and O–H groups in total. The fourth-order valence-corrected chi connectivity index (χ4v) is 1.47. The molecule has 0 aliphatic carbocycles. The first kappa shape index (κ1) is 16.0. The van der Waals surface area contributed by atoms with Crippen molar-refractivity contribution in [2.24, 2.45) is 5.73 Å². The number of hydrogen-bond donors (Lipinski definition) is 1. The van der Waals surface area contributed by atoms with Crippen molar-refractivity contribution in [3.8, 4) is 6.07 Å². The van der Waals surface area contributed by atoms with Crippen LogP contribution in [-0.2, 0) is 6.18 Å². The lowest BCUT2D eigenvalue weighted by atomic mass is 10.0. The normalized spacial score (nSPS) is 12.5. The van der Waals surface area contributed by atoms with Crippen molar-refractivity contribution in [2.45, 2.75) is 18.6 Å². The molecule has 0 fully saturated rings. The maximum Gasteiger partial charge on any atom is 0.416 e. The first-order valence-corrected chi connectivity index (χ1v) is 4.73. The van der Waals surface area contributed by atoms with Crippen LogP contribution in [0.4, 0.5) is 13.2 Å². The molecule has 0 heterocycles. The third kappa shape index (κ3) is 4.08. The smallest absolute Gasteiger partial charge is 0.323 e. The summed E-state index contributed by atoms with van der Waals surface area (Å²) in [4.78, 5) is 0. The van der Waals surface area contributed by atoms with Gasteiger partial charge in [0.05, 0.1) is 18.1 Å². The van der Waals surface area contributed by atoms with Crippen LogP contribution >= 0.6 is 24.0 Å². The molecule has 1 aromatic rings. The Kier molecular flexibility index (Phi) is 5.76. The molecular formula is C10H9Cl2F3N2. The molecule has 0 amide bonds. The van der Waals surface area contributed by atoms with Gasteiger partial charge in [0.15, 0.2) is 0 Å². The summed E-state index contributed by atoms with van der Waals surface area (Å²) in [5.74, 6) is 0. The average molecular weight is 285 g/mol. The zero-order valence-corrected chi connectivity index (χ0v) is 10.0. The molecule has 94 valence electrons. The predicted molar refractivity (Wildman–Crippen MR) is 60.9 cm³/mol. The SMILES string of the molecule is Cl.N#CC[C@H](N)c1cc(C(F)(F)F)ccc1Cl. The second kappa shape index (κ2) is 6.10. The van der Waals surface area contributed by atoms with E-state index in [-0.39, 0.29) is 29.4 Å². The van der Waals surface area contributed by atoms with Gasteiger partial charge in [-0.05, 0) is 23.8 Å². The molecule has 0 bridgehead atoms. The van der Waals surface area contributed by atoms with Gasteiger partial charge >= 0.3 is 6.18 Å². The Morgan fingerprint density at radius 2 is 2.00 bits per heavy atom. The van der Waals surface area contributed by atoms with Gasteiger partial charge in [0.25, 0.3) is 0 Å². The molecule has 0 aliphatic rings. The van der Waals surface area contributed by atoms with Gasteiger partial charge in [0.1, 0.15) is 0 Å². The number of alkyl halides is 3. The van der Waals surface area contributed by atoms with Gasteiger partial charge < -0.3 is 5.73 Å². The van der Waals surface area contributed by atoms with E-state index in [9.17, 15) is 13.2 Å². The number of halogens is 5. The van der Waals surface area contributed by atoms with Crippen LogP contribution in [0.2, 0.25) is 5.02 Å². The van der Waals surface area contributed by atoms with E-state index in [4.69, 9.17) is 22.6 Å². The fraction of sp³-hybridized carbons (Fsp3) is 0.300. The van der Waals surface area contributed by atoms with Gasteiger partial charge in [-0.1, -0.05) is 11.6 Å². The molecule has 0 radical (unpaired) electrons. The molecule has 17 heavy (non-hydrogen) atoms. The first-order valence-electron chi connectivity index (χ1n) is 4.35. The molecule has 0 aliphatic heterocycles. The van der Waals surface area contributed by atoms with Crippen LogP contribution in [0.1, 0.15) is 23.6 Å². The summed E-state index contributed by atoms with van der Waals surface area (Å²) >= 11 is 5.72. The van der Waals surface area contributed by atoms with Gasteiger partial charge in [0, 0.05) is 11.1 Å². The molecule has 1 aromatic carbocycles. The summed E-state index contributed by atoms with van der Waals surface area (Å²) in [6.45, 7) is 0. The maximum absolute atomic E-state index is 12.4. The van der Waals surface area contributed by atoms with Gasteiger partial charge in [0.2, 0.25) is 0 Å². The summed E-state index contributed by atoms with van der Waals surface area (Å²) in [6, 6.07) is 3.88. The number of rotatable bonds is 2. The minimum Gasteiger partial charge on any atom is -0.323 e. The van der Waals surface area contributed by atoms with E-state index in [2.05, 4.69) is 0 Å². The highest BCUT2D eigenvalue weighted by Crippen LogP contribution is 2.33. The van der Waals surface area contributed by atoms with Crippen molar-refractivity contribution in [3.05, 3.63) is 34.3 Å². The summed E-state index contributed by atoms with van der Waals surface area (Å²) in [5.41, 5.74) is 4.86. The Bertz CT molecular complexity index is 427. The van der Waals surface area contributed by atoms with Gasteiger partial charge in [-0.25, -0.2) is 0 Å². The second-order valence-electron chi connectivity index (χ2n) is 3.20. The van der Waals surface area contributed by atoms with E-state index in [0.29, 0.717) is 0 Å². The zero-order valence-electron chi connectivity index (χ0n) is 8.46. The number of nitrogens with zero attached hydrogens (tertiary/aromatic N) is 1. The van der Waals surface area contributed by atoms with Crippen LogP contribution in [0, 0.1) is 11.3 Å². The summed E-state index contributed by atoms with van der Waals surface area (Å²) in [5, 5.41) is 8.56. The van der Waals surface area contributed by atoms with Crippen molar-refractivity contribution in [1.29, 1.82) is 5.26 Å². The van der Waals surface area contributed by atoms with Crippen molar-refractivity contribution in [3.63, 3.8) is 0 Å². The van der Waals surface area contributed by atoms with Crippen molar-refractivity contribution >= 4 is 24.0 Å². The van der Waals surface area contributed by atoms with E-state index in [1.54, 1.807) is 6.07 Å². The highest BCUT2D eigenvalue weighted by molar-refractivity contribution is 6.31. The molecule has 0 saturated heterocycles. The van der Waals surface area contributed by atoms with Gasteiger partial charge in [-0.15, -0.1) is 12.4 Å². The molecule has 1 rings (SSSR count). The molecular weight excluding hydrogens is 276 g/mol. The van der Waals surface area contributed by atoms with Crippen molar-refractivity contribution < 1.29 is 13.2 Å². The Morgan fingerprint density at radius 3 is 2.47 bits per heavy atom. The van der Waals surface area contributed by atoms with E-state index in [0.717, 1.165) is 18.2 Å². The molecule has 0 aromatic heterocycles. The molecule has 2 nitrogen and oxygen atoms in total. The zero-order chi connectivity index (χ0) is 12.3. The minimum absolute atomic E-state index is 0. The average Bonchev–Trinajstić information content (AvgIpc) is 2.16. The highest BCUT2D eigenvalue weighted by Gasteiger charge is 2.31. The predicted octanol–water partition coefficient (Wildman–Crippen LogP) is 3.69. The highest BCUT2D eigenvalue weighted by atomic mass is 35.5. The number of nitrogens with two attached hydrogens (primary N) is 1. The first-order chi connectivity index (χ1) is 7.36. The van der Waals surface area contributed by atoms with Crippen LogP contribution in [0.25, 0.3) is 0 Å². The van der Waals surface area contributed by atoms with Crippen LogP contribution in [-0.4, -0.2) is 0 Å². The van der Waals surface area contributed by atoms with E-state index in [1.807, 2.05) is 0 Å². The Hall–Kier alpha value is -0.960. The van der Waals surface area contributed by atoms with Crippen LogP contribution in [0.15, 0.2) is 18.2 Å². The quantitative estimate of drug-likeness (QED) is 0.900. The monoisotopic (exact) mass is 284 g/mol. The Morgan fingerprint density at radius 1 is 1.41 bits per heavy atom. The van der Waals surface area contributed by atoms with Crippen LogP contribution < -0.4 is 5.73 Å². The number of benzene rings is 1. The third-order valence-electron chi connectivity index (χ3n) is 2.03. The largest absolute Gasteiger partial charge is 0.416 e. The molecule has 1 atom stereocenters. The van der Waals surface area contributed by atoms with Crippen LogP contribution in [0.3, 0.4) is 0 Å². The van der Waals surface area contributed by atoms with E-state index in [1.165, 1.54) is 0 Å². The second-order valence-corrected chi connectivity index (χ2v) is 3.61. The fourth-order valence-electron chi connectivity index (χ4n) is 1.21. The third-order valence-corrected chi connectivity index (χ3v) is 2.38. The van der Waals surface area contributed by atoms with Gasteiger partial charge in [-0.3, -0.25) is 0 Å². The van der Waals surface area contributed by atoms with E-state index >= 15 is 0 Å². The van der Waals surface area contributed by atoms with E-state index < -0.39 is 17.8 Å². The Balaban J connectivity index is 0.00000256. The number of nitriles is 1. The molecule has 0 unspecified atom stereocenters. The lowest BCUT2D eigenvalue weighted by Crippen LogP contribution is -2.12. The lowest BCUT2D eigenvalue weighted by Gasteiger charge is -2.13.